The smallest absolute Gasteiger partial charge is 0.263 e. The molecule has 81 heavy (non-hydrogen) atoms. The van der Waals surface area contributed by atoms with Crippen LogP contribution in [0.5, 0.6) is 0 Å². The van der Waals surface area contributed by atoms with Crippen LogP contribution in [-0.2, 0) is 43.5 Å². The number of carbonyl (C=O) groups is 5. The average molecular weight is 1130 g/mol. The molecule has 1 aliphatic carbocycles. The van der Waals surface area contributed by atoms with Crippen molar-refractivity contribution in [2.24, 2.45) is 5.41 Å². The molecular formula is C57H73N15O8S. The Balaban J connectivity index is 0.651. The Morgan fingerprint density at radius 2 is 1.65 bits per heavy atom. The molecule has 6 aromatic rings. The second kappa shape index (κ2) is 25.9. The second-order valence-electron chi connectivity index (χ2n) is 22.3. The number of rotatable bonds is 22. The van der Waals surface area contributed by atoms with Gasteiger partial charge in [-0.05, 0) is 67.9 Å². The molecule has 9 rings (SSSR count). The summed E-state index contributed by atoms with van der Waals surface area (Å²) >= 11 is 1.56. The fraction of sp³-hybridized carbons (Fsp3) is 0.509. The number of aryl methyl sites for hydroxylation is 2. The number of ketones is 1. The van der Waals surface area contributed by atoms with Gasteiger partial charge in [0.05, 0.1) is 65.1 Å². The molecule has 1 saturated carbocycles. The minimum Gasteiger partial charge on any atom is -0.391 e. The van der Waals surface area contributed by atoms with Gasteiger partial charge >= 0.3 is 0 Å². The van der Waals surface area contributed by atoms with E-state index in [1.165, 1.54) is 11.8 Å². The first kappa shape index (κ1) is 58.1. The fourth-order valence-electron chi connectivity index (χ4n) is 10.8. The number of fused-ring (bicyclic) bond motifs is 1. The number of hydrogen-bond donors (Lipinski definition) is 5. The van der Waals surface area contributed by atoms with Crippen molar-refractivity contribution in [2.45, 2.75) is 130 Å². The molecule has 3 fully saturated rings. The van der Waals surface area contributed by atoms with Crippen molar-refractivity contribution >= 4 is 69.2 Å². The van der Waals surface area contributed by atoms with Crippen molar-refractivity contribution in [3.05, 3.63) is 98.9 Å². The summed E-state index contributed by atoms with van der Waals surface area (Å²) in [6, 6.07) is 9.79. The van der Waals surface area contributed by atoms with E-state index in [-0.39, 0.29) is 74.4 Å². The predicted molar refractivity (Wildman–Crippen MR) is 306 cm³/mol. The van der Waals surface area contributed by atoms with Gasteiger partial charge in [-0.3, -0.25) is 38.2 Å². The number of carbonyl (C=O) groups excluding carboxylic acids is 5. The maximum atomic E-state index is 14.0. The average Bonchev–Trinajstić information content (AvgIpc) is 4.24. The van der Waals surface area contributed by atoms with Crippen LogP contribution in [0.4, 0.5) is 17.5 Å². The van der Waals surface area contributed by atoms with E-state index in [0.717, 1.165) is 84.9 Å². The number of nitrogens with one attached hydrogen (secondary N) is 4. The number of Topliss-reactive ketones (excluding diaryl/α,β-unsaturated/α-hetero) is 1. The zero-order valence-corrected chi connectivity index (χ0v) is 47.8. The topological polar surface area (TPSA) is 277 Å². The summed E-state index contributed by atoms with van der Waals surface area (Å²) in [7, 11) is 0. The highest BCUT2D eigenvalue weighted by Gasteiger charge is 2.44. The molecule has 3 atom stereocenters. The number of amides is 4. The number of aliphatic hydroxyl groups is 1. The van der Waals surface area contributed by atoms with Crippen molar-refractivity contribution in [3.63, 3.8) is 0 Å². The number of aliphatic hydroxyl groups excluding tert-OH is 1. The molecule has 3 aliphatic rings. The molecule has 0 bridgehead atoms. The maximum Gasteiger partial charge on any atom is 0.263 e. The monoisotopic (exact) mass is 1130 g/mol. The van der Waals surface area contributed by atoms with E-state index in [9.17, 15) is 33.9 Å². The Bertz CT molecular complexity index is 3270. The lowest BCUT2D eigenvalue weighted by atomic mass is 9.85. The SMILES string of the molecule is CC(=O)c1c(C)c2cnc(Nc3ccc(N4CCN(Cc5cn(CCOCCNC(=O)CCC(=O)N[C@H](C(=O)N6C[C@H](O)C[C@H]6C(=O)NCc6ccc(-c7scnc7C)cc6)C(C)(C)C)nn5)CC4)cn3)nc2n(C2CCCC2)c1=O. The number of likely N-dealkylation sites (tertiary alicyclic amines) is 1. The van der Waals surface area contributed by atoms with Crippen molar-refractivity contribution in [3.8, 4) is 10.4 Å². The summed E-state index contributed by atoms with van der Waals surface area (Å²) < 4.78 is 9.18. The molecule has 5 N–H and O–H groups in total. The highest BCUT2D eigenvalue weighted by atomic mass is 32.1. The Morgan fingerprint density at radius 3 is 2.35 bits per heavy atom. The summed E-state index contributed by atoms with van der Waals surface area (Å²) in [5.74, 6) is -1.06. The van der Waals surface area contributed by atoms with Crippen LogP contribution in [0.15, 0.2) is 65.3 Å². The zero-order chi connectivity index (χ0) is 57.4. The minimum atomic E-state index is -1.01. The van der Waals surface area contributed by atoms with E-state index in [0.29, 0.717) is 48.1 Å². The summed E-state index contributed by atoms with van der Waals surface area (Å²) in [5, 5.41) is 31.6. The van der Waals surface area contributed by atoms with Gasteiger partial charge in [0.25, 0.3) is 5.56 Å². The number of benzene rings is 1. The first-order valence-corrected chi connectivity index (χ1v) is 28.7. The van der Waals surface area contributed by atoms with Gasteiger partial charge in [0, 0.05) is 95.4 Å². The van der Waals surface area contributed by atoms with Gasteiger partial charge in [-0.15, -0.1) is 16.4 Å². The normalized spacial score (nSPS) is 17.4. The Hall–Kier alpha value is -7.54. The Morgan fingerprint density at radius 1 is 0.901 bits per heavy atom. The minimum absolute atomic E-state index is 0.0106. The summed E-state index contributed by atoms with van der Waals surface area (Å²) in [6.45, 7) is 16.0. The van der Waals surface area contributed by atoms with Crippen molar-refractivity contribution in [1.82, 2.24) is 65.2 Å². The largest absolute Gasteiger partial charge is 0.391 e. The molecule has 1 aromatic carbocycles. The van der Waals surface area contributed by atoms with Gasteiger partial charge in [-0.25, -0.2) is 19.6 Å². The van der Waals surface area contributed by atoms with Crippen LogP contribution in [0.1, 0.15) is 112 Å². The number of anilines is 3. The van der Waals surface area contributed by atoms with E-state index < -0.39 is 41.3 Å². The van der Waals surface area contributed by atoms with Gasteiger partial charge in [-0.2, -0.15) is 4.98 Å². The molecule has 5 aromatic heterocycles. The maximum absolute atomic E-state index is 14.0. The van der Waals surface area contributed by atoms with E-state index >= 15 is 0 Å². The molecule has 24 heteroatoms. The summed E-state index contributed by atoms with van der Waals surface area (Å²) in [4.78, 5) is 105. The number of hydrogen-bond acceptors (Lipinski definition) is 18. The van der Waals surface area contributed by atoms with E-state index in [2.05, 4.69) is 56.3 Å². The number of aromatic nitrogens is 8. The fourth-order valence-corrected chi connectivity index (χ4v) is 11.6. The van der Waals surface area contributed by atoms with Crippen LogP contribution in [0.25, 0.3) is 21.5 Å². The Labute approximate surface area is 474 Å². The molecule has 0 radical (unpaired) electrons. The first-order chi connectivity index (χ1) is 38.9. The number of pyridine rings is 2. The predicted octanol–water partition coefficient (Wildman–Crippen LogP) is 4.62. The zero-order valence-electron chi connectivity index (χ0n) is 46.9. The molecule has 7 heterocycles. The Kier molecular flexibility index (Phi) is 18.6. The standard InChI is InChI=1S/C57H73N15O8S/c1-35-44-30-61-56(65-52(44)72(41-9-7-8-10-41)54(78)49(35)37(3)73)63-46-16-15-42(29-59-46)69-22-20-68(21-23-69)31-40-32-70(67-66-40)24-26-80-25-19-58-47(75)17-18-48(76)64-51(57(4,5)6)55(79)71-33-43(74)27-45(71)53(77)60-28-38-11-13-39(14-12-38)50-36(2)62-34-81-50/h11-16,29-30,32,34,41,43,45,51,74H,7-10,17-28,31,33H2,1-6H3,(H,58,75)(H,60,77)(H,64,76)(H,59,61,63,65)/t43-,45+,51-/m1/s1. The molecule has 2 saturated heterocycles. The summed E-state index contributed by atoms with van der Waals surface area (Å²) in [5.41, 5.74) is 6.81. The molecule has 2 aliphatic heterocycles. The number of ether oxygens (including phenoxy) is 1. The molecular weight excluding hydrogens is 1050 g/mol. The van der Waals surface area contributed by atoms with E-state index in [1.807, 2.05) is 76.5 Å². The van der Waals surface area contributed by atoms with Crippen LogP contribution in [0.2, 0.25) is 0 Å². The lowest BCUT2D eigenvalue weighted by Crippen LogP contribution is -2.57. The van der Waals surface area contributed by atoms with E-state index in [4.69, 9.17) is 9.72 Å². The van der Waals surface area contributed by atoms with E-state index in [1.54, 1.807) is 39.2 Å². The highest BCUT2D eigenvalue weighted by molar-refractivity contribution is 7.13. The van der Waals surface area contributed by atoms with Crippen LogP contribution < -0.4 is 31.7 Å². The third-order valence-electron chi connectivity index (χ3n) is 15.3. The lowest BCUT2D eigenvalue weighted by molar-refractivity contribution is -0.144. The van der Waals surface area contributed by atoms with Crippen LogP contribution >= 0.6 is 11.3 Å². The first-order valence-electron chi connectivity index (χ1n) is 27.8. The van der Waals surface area contributed by atoms with Crippen LogP contribution in [0, 0.1) is 19.3 Å². The third-order valence-corrected chi connectivity index (χ3v) is 16.2. The number of thiazole rings is 1. The highest BCUT2D eigenvalue weighted by Crippen LogP contribution is 2.33. The number of nitrogens with zero attached hydrogens (tertiary/aromatic N) is 11. The second-order valence-corrected chi connectivity index (χ2v) is 23.1. The lowest BCUT2D eigenvalue weighted by Gasteiger charge is -2.35. The quantitative estimate of drug-likeness (QED) is 0.0458. The van der Waals surface area contributed by atoms with Gasteiger partial charge in [0.2, 0.25) is 29.6 Å². The van der Waals surface area contributed by atoms with Gasteiger partial charge < -0.3 is 40.9 Å². The molecule has 430 valence electrons. The molecule has 4 amide bonds. The van der Waals surface area contributed by atoms with Crippen LogP contribution in [-0.4, -0.2) is 154 Å². The van der Waals surface area contributed by atoms with Gasteiger partial charge in [-0.1, -0.05) is 63.1 Å². The van der Waals surface area contributed by atoms with Gasteiger partial charge in [0.1, 0.15) is 23.5 Å². The van der Waals surface area contributed by atoms with Gasteiger partial charge in [0.15, 0.2) is 5.78 Å². The van der Waals surface area contributed by atoms with Crippen molar-refractivity contribution in [2.75, 3.05) is 62.7 Å². The van der Waals surface area contributed by atoms with Crippen molar-refractivity contribution in [1.29, 1.82) is 0 Å². The summed E-state index contributed by atoms with van der Waals surface area (Å²) in [6.07, 6.45) is 8.11. The molecule has 0 spiro atoms. The third kappa shape index (κ3) is 14.3. The van der Waals surface area contributed by atoms with Crippen LogP contribution in [0.3, 0.4) is 0 Å². The van der Waals surface area contributed by atoms with Crippen molar-refractivity contribution < 1.29 is 33.8 Å². The number of β-amino-alcohol motifs (C(OH)–C–C–N with tert-alkyl or cyclic N) is 1. The number of piperazine rings is 1. The molecule has 0 unspecified atom stereocenters. The molecule has 23 nitrogen and oxygen atoms in total.